The van der Waals surface area contributed by atoms with Crippen molar-refractivity contribution in [2.45, 2.75) is 71.1 Å². The topological polar surface area (TPSA) is 3.24 Å². The highest BCUT2D eigenvalue weighted by Crippen LogP contribution is 2.15. The average molecular weight is 354 g/mol. The molecule has 1 saturated heterocycles. The van der Waals surface area contributed by atoms with Crippen LogP contribution < -0.4 is 0 Å². The first-order valence-electron chi connectivity index (χ1n) is 8.81. The van der Waals surface area contributed by atoms with Crippen molar-refractivity contribution in [2.75, 3.05) is 36.2 Å². The van der Waals surface area contributed by atoms with Crippen LogP contribution in [0.4, 0.5) is 0 Å². The van der Waals surface area contributed by atoms with Crippen LogP contribution in [-0.2, 0) is 0 Å². The number of unbranched alkanes of at least 4 members (excludes halogenated alkanes) is 8. The Kier molecular flexibility index (Phi) is 18.1. The van der Waals surface area contributed by atoms with Gasteiger partial charge in [0.1, 0.15) is 0 Å². The van der Waals surface area contributed by atoms with Crippen molar-refractivity contribution in [1.82, 2.24) is 4.90 Å². The van der Waals surface area contributed by atoms with E-state index in [2.05, 4.69) is 35.3 Å². The SMILES string of the molecule is CCCCCCCCSCCCCCCN1CCSC1.Cl. The molecule has 4 heteroatoms. The van der Waals surface area contributed by atoms with Crippen LogP contribution >= 0.6 is 35.9 Å². The first-order chi connectivity index (χ1) is 9.93. The van der Waals surface area contributed by atoms with Gasteiger partial charge >= 0.3 is 0 Å². The van der Waals surface area contributed by atoms with E-state index < -0.39 is 0 Å². The second-order valence-electron chi connectivity index (χ2n) is 5.95. The third kappa shape index (κ3) is 14.3. The van der Waals surface area contributed by atoms with Crippen LogP contribution in [0, 0.1) is 0 Å². The number of halogens is 1. The smallest absolute Gasteiger partial charge is 0.0445 e. The van der Waals surface area contributed by atoms with Gasteiger partial charge in [0.25, 0.3) is 0 Å². The molecule has 0 amide bonds. The number of hydrogen-bond donors (Lipinski definition) is 0. The van der Waals surface area contributed by atoms with Gasteiger partial charge in [0, 0.05) is 18.2 Å². The van der Waals surface area contributed by atoms with Crippen LogP contribution in [0.2, 0.25) is 0 Å². The lowest BCUT2D eigenvalue weighted by Gasteiger charge is -2.12. The van der Waals surface area contributed by atoms with Gasteiger partial charge in [-0.15, -0.1) is 24.2 Å². The summed E-state index contributed by atoms with van der Waals surface area (Å²) < 4.78 is 0. The van der Waals surface area contributed by atoms with Gasteiger partial charge in [0.2, 0.25) is 0 Å². The van der Waals surface area contributed by atoms with E-state index in [9.17, 15) is 0 Å². The van der Waals surface area contributed by atoms with E-state index in [4.69, 9.17) is 0 Å². The number of hydrogen-bond acceptors (Lipinski definition) is 3. The Morgan fingerprint density at radius 3 is 2.10 bits per heavy atom. The van der Waals surface area contributed by atoms with Crippen LogP contribution in [0.15, 0.2) is 0 Å². The van der Waals surface area contributed by atoms with E-state index in [1.807, 2.05) is 0 Å². The standard InChI is InChI=1S/C17H35NS2.ClH/c1-2-3-4-5-7-10-14-19-15-11-8-6-9-12-18-13-16-20-17-18;/h2-17H2,1H3;1H. The molecular weight excluding hydrogens is 318 g/mol. The zero-order chi connectivity index (χ0) is 14.3. The molecule has 1 fully saturated rings. The minimum Gasteiger partial charge on any atom is -0.293 e. The Balaban J connectivity index is 0.00000400. The molecule has 0 N–H and O–H groups in total. The molecule has 0 aromatic rings. The van der Waals surface area contributed by atoms with Crippen molar-refractivity contribution in [3.63, 3.8) is 0 Å². The van der Waals surface area contributed by atoms with Crippen molar-refractivity contribution in [3.8, 4) is 0 Å². The molecule has 128 valence electrons. The average Bonchev–Trinajstić information content (AvgIpc) is 2.97. The van der Waals surface area contributed by atoms with Crippen molar-refractivity contribution in [2.24, 2.45) is 0 Å². The number of thioether (sulfide) groups is 2. The molecule has 21 heavy (non-hydrogen) atoms. The highest BCUT2D eigenvalue weighted by molar-refractivity contribution is 7.99. The molecule has 0 radical (unpaired) electrons. The largest absolute Gasteiger partial charge is 0.293 e. The van der Waals surface area contributed by atoms with Crippen LogP contribution in [-0.4, -0.2) is 41.1 Å². The van der Waals surface area contributed by atoms with E-state index >= 15 is 0 Å². The first-order valence-corrected chi connectivity index (χ1v) is 11.1. The highest BCUT2D eigenvalue weighted by atomic mass is 35.5. The molecule has 0 atom stereocenters. The second kappa shape index (κ2) is 17.3. The first kappa shape index (κ1) is 21.9. The van der Waals surface area contributed by atoms with Gasteiger partial charge in [-0.25, -0.2) is 0 Å². The van der Waals surface area contributed by atoms with E-state index in [0.29, 0.717) is 0 Å². The molecule has 1 rings (SSSR count). The summed E-state index contributed by atoms with van der Waals surface area (Å²) in [6.07, 6.45) is 14.4. The third-order valence-corrected chi connectivity index (χ3v) is 6.15. The van der Waals surface area contributed by atoms with Gasteiger partial charge in [-0.05, 0) is 37.3 Å². The summed E-state index contributed by atoms with van der Waals surface area (Å²) in [5, 5.41) is 0. The number of rotatable bonds is 14. The summed E-state index contributed by atoms with van der Waals surface area (Å²) in [4.78, 5) is 2.61. The predicted molar refractivity (Wildman–Crippen MR) is 105 cm³/mol. The monoisotopic (exact) mass is 353 g/mol. The molecule has 1 heterocycles. The molecule has 1 nitrogen and oxygen atoms in total. The summed E-state index contributed by atoms with van der Waals surface area (Å²) in [7, 11) is 0. The third-order valence-electron chi connectivity index (χ3n) is 3.98. The lowest BCUT2D eigenvalue weighted by atomic mass is 10.1. The van der Waals surface area contributed by atoms with Crippen LogP contribution in [0.3, 0.4) is 0 Å². The van der Waals surface area contributed by atoms with Crippen LogP contribution in [0.25, 0.3) is 0 Å². The Labute approximate surface area is 148 Å². The fraction of sp³-hybridized carbons (Fsp3) is 1.00. The van der Waals surface area contributed by atoms with Crippen molar-refractivity contribution < 1.29 is 0 Å². The van der Waals surface area contributed by atoms with E-state index in [1.54, 1.807) is 0 Å². The quantitative estimate of drug-likeness (QED) is 0.349. The van der Waals surface area contributed by atoms with Gasteiger partial charge in [-0.2, -0.15) is 11.8 Å². The summed E-state index contributed by atoms with van der Waals surface area (Å²) in [5.74, 6) is 5.44. The molecule has 0 unspecified atom stereocenters. The summed E-state index contributed by atoms with van der Waals surface area (Å²) in [6, 6.07) is 0. The fourth-order valence-corrected chi connectivity index (χ4v) is 4.66. The molecular formula is C17H36ClNS2. The Morgan fingerprint density at radius 1 is 0.857 bits per heavy atom. The predicted octanol–water partition coefficient (Wildman–Crippen LogP) is 6.07. The molecule has 1 aliphatic heterocycles. The summed E-state index contributed by atoms with van der Waals surface area (Å²) in [5.41, 5.74) is 0. The zero-order valence-corrected chi connectivity index (χ0v) is 16.4. The van der Waals surface area contributed by atoms with Gasteiger partial charge < -0.3 is 0 Å². The Bertz CT molecular complexity index is 199. The van der Waals surface area contributed by atoms with Crippen LogP contribution in [0.5, 0.6) is 0 Å². The lowest BCUT2D eigenvalue weighted by Crippen LogP contribution is -2.20. The maximum absolute atomic E-state index is 2.61. The summed E-state index contributed by atoms with van der Waals surface area (Å²) >= 11 is 4.28. The normalized spacial score (nSPS) is 15.3. The second-order valence-corrected chi connectivity index (χ2v) is 8.25. The minimum atomic E-state index is 0. The number of nitrogens with zero attached hydrogens (tertiary/aromatic N) is 1. The summed E-state index contributed by atoms with van der Waals surface area (Å²) in [6.45, 7) is 4.97. The minimum absolute atomic E-state index is 0. The highest BCUT2D eigenvalue weighted by Gasteiger charge is 2.10. The molecule has 0 spiro atoms. The molecule has 0 bridgehead atoms. The van der Waals surface area contributed by atoms with Crippen molar-refractivity contribution >= 4 is 35.9 Å². The van der Waals surface area contributed by atoms with E-state index in [1.165, 1.54) is 100 Å². The molecule has 0 aliphatic carbocycles. The van der Waals surface area contributed by atoms with Crippen molar-refractivity contribution in [3.05, 3.63) is 0 Å². The Morgan fingerprint density at radius 2 is 1.48 bits per heavy atom. The maximum atomic E-state index is 2.61. The molecule has 0 aromatic heterocycles. The molecule has 1 aliphatic rings. The van der Waals surface area contributed by atoms with E-state index in [0.717, 1.165) is 0 Å². The van der Waals surface area contributed by atoms with E-state index in [-0.39, 0.29) is 12.4 Å². The zero-order valence-electron chi connectivity index (χ0n) is 14.0. The molecule has 0 aromatic carbocycles. The maximum Gasteiger partial charge on any atom is 0.0445 e. The molecule has 0 saturated carbocycles. The van der Waals surface area contributed by atoms with Crippen molar-refractivity contribution in [1.29, 1.82) is 0 Å². The van der Waals surface area contributed by atoms with Gasteiger partial charge in [-0.3, -0.25) is 4.90 Å². The van der Waals surface area contributed by atoms with Gasteiger partial charge in [-0.1, -0.05) is 51.9 Å². The van der Waals surface area contributed by atoms with Gasteiger partial charge in [0.05, 0.1) is 0 Å². The fourth-order valence-electron chi connectivity index (χ4n) is 2.61. The van der Waals surface area contributed by atoms with Crippen LogP contribution in [0.1, 0.15) is 71.1 Å². The Hall–Kier alpha value is 0.950. The van der Waals surface area contributed by atoms with Gasteiger partial charge in [0.15, 0.2) is 0 Å². The lowest BCUT2D eigenvalue weighted by molar-refractivity contribution is 0.344.